The second kappa shape index (κ2) is 6.91. The Morgan fingerprint density at radius 2 is 1.85 bits per heavy atom. The normalized spacial score (nSPS) is 14.9. The molecule has 0 aromatic heterocycles. The van der Waals surface area contributed by atoms with Crippen LogP contribution in [0.2, 0.25) is 0 Å². The molecule has 2 amide bonds. The molecule has 1 heterocycles. The molecule has 0 radical (unpaired) electrons. The van der Waals surface area contributed by atoms with E-state index in [-0.39, 0.29) is 12.5 Å². The van der Waals surface area contributed by atoms with Crippen molar-refractivity contribution >= 4 is 12.0 Å². The fourth-order valence-electron chi connectivity index (χ4n) is 2.11. The number of amides is 2. The predicted octanol–water partition coefficient (Wildman–Crippen LogP) is 0.855. The minimum Gasteiger partial charge on any atom is -0.481 e. The lowest BCUT2D eigenvalue weighted by molar-refractivity contribution is -0.136. The van der Waals surface area contributed by atoms with Crippen molar-refractivity contribution in [1.82, 2.24) is 10.2 Å². The van der Waals surface area contributed by atoms with Gasteiger partial charge >= 0.3 is 12.0 Å². The van der Waals surface area contributed by atoms with Gasteiger partial charge in [-0.3, -0.25) is 4.79 Å². The maximum Gasteiger partial charge on any atom is 0.317 e. The van der Waals surface area contributed by atoms with E-state index in [9.17, 15) is 9.59 Å². The average Bonchev–Trinajstić information content (AvgIpc) is 2.46. The van der Waals surface area contributed by atoms with Crippen LogP contribution in [0.3, 0.4) is 0 Å². The number of benzene rings is 1. The summed E-state index contributed by atoms with van der Waals surface area (Å²) in [5.74, 6) is -0.878. The average molecular weight is 278 g/mol. The molecule has 1 saturated heterocycles. The van der Waals surface area contributed by atoms with Gasteiger partial charge in [-0.25, -0.2) is 4.79 Å². The second-order valence-electron chi connectivity index (χ2n) is 4.60. The maximum atomic E-state index is 11.9. The molecular formula is C14H18N2O4. The number of carbonyl (C=O) groups excluding carboxylic acids is 1. The molecule has 1 fully saturated rings. The van der Waals surface area contributed by atoms with E-state index in [0.29, 0.717) is 32.8 Å². The molecule has 2 N–H and O–H groups in total. The minimum atomic E-state index is -0.878. The van der Waals surface area contributed by atoms with Crippen LogP contribution < -0.4 is 5.32 Å². The number of ether oxygens (including phenoxy) is 1. The smallest absolute Gasteiger partial charge is 0.317 e. The zero-order valence-corrected chi connectivity index (χ0v) is 11.2. The summed E-state index contributed by atoms with van der Waals surface area (Å²) in [6.07, 6.45) is -0.0381. The molecule has 0 aliphatic carbocycles. The monoisotopic (exact) mass is 278 g/mol. The summed E-state index contributed by atoms with van der Waals surface area (Å²) in [7, 11) is 0. The van der Waals surface area contributed by atoms with E-state index < -0.39 is 5.97 Å². The Balaban J connectivity index is 1.92. The molecule has 1 aromatic carbocycles. The van der Waals surface area contributed by atoms with Crippen LogP contribution in [-0.4, -0.2) is 48.3 Å². The zero-order valence-electron chi connectivity index (χ0n) is 11.2. The Bertz CT molecular complexity index is 484. The highest BCUT2D eigenvalue weighted by molar-refractivity contribution is 5.74. The van der Waals surface area contributed by atoms with Crippen molar-refractivity contribution in [3.05, 3.63) is 35.4 Å². The third-order valence-corrected chi connectivity index (χ3v) is 3.19. The van der Waals surface area contributed by atoms with Gasteiger partial charge in [-0.2, -0.15) is 0 Å². The first-order valence-electron chi connectivity index (χ1n) is 6.56. The molecule has 0 spiro atoms. The molecule has 20 heavy (non-hydrogen) atoms. The van der Waals surface area contributed by atoms with Gasteiger partial charge in [0.15, 0.2) is 0 Å². The van der Waals surface area contributed by atoms with Crippen LogP contribution in [0.4, 0.5) is 4.79 Å². The van der Waals surface area contributed by atoms with E-state index in [1.54, 1.807) is 17.0 Å². The summed E-state index contributed by atoms with van der Waals surface area (Å²) in [6, 6.07) is 7.09. The summed E-state index contributed by atoms with van der Waals surface area (Å²) in [6.45, 7) is 2.62. The number of aliphatic carboxylic acids is 1. The van der Waals surface area contributed by atoms with Crippen LogP contribution in [0.25, 0.3) is 0 Å². The highest BCUT2D eigenvalue weighted by atomic mass is 16.5. The van der Waals surface area contributed by atoms with Gasteiger partial charge in [0.1, 0.15) is 0 Å². The molecule has 6 heteroatoms. The largest absolute Gasteiger partial charge is 0.481 e. The van der Waals surface area contributed by atoms with Gasteiger partial charge in [0.05, 0.1) is 19.6 Å². The number of nitrogens with zero attached hydrogens (tertiary/aromatic N) is 1. The Hall–Kier alpha value is -2.08. The molecule has 1 aliphatic rings. The Morgan fingerprint density at radius 3 is 2.50 bits per heavy atom. The quantitative estimate of drug-likeness (QED) is 0.856. The van der Waals surface area contributed by atoms with Gasteiger partial charge in [0.2, 0.25) is 0 Å². The van der Waals surface area contributed by atoms with Crippen molar-refractivity contribution < 1.29 is 19.4 Å². The molecule has 0 bridgehead atoms. The fourth-order valence-corrected chi connectivity index (χ4v) is 2.11. The lowest BCUT2D eigenvalue weighted by Crippen LogP contribution is -2.46. The molecule has 2 rings (SSSR count). The van der Waals surface area contributed by atoms with Gasteiger partial charge in [-0.05, 0) is 11.1 Å². The zero-order chi connectivity index (χ0) is 14.4. The molecular weight excluding hydrogens is 260 g/mol. The summed E-state index contributed by atoms with van der Waals surface area (Å²) >= 11 is 0. The van der Waals surface area contributed by atoms with E-state index in [1.807, 2.05) is 12.1 Å². The third-order valence-electron chi connectivity index (χ3n) is 3.19. The van der Waals surface area contributed by atoms with E-state index in [1.165, 1.54) is 0 Å². The van der Waals surface area contributed by atoms with E-state index in [2.05, 4.69) is 5.32 Å². The molecule has 0 unspecified atom stereocenters. The van der Waals surface area contributed by atoms with Gasteiger partial charge in [0, 0.05) is 19.6 Å². The molecule has 6 nitrogen and oxygen atoms in total. The highest BCUT2D eigenvalue weighted by Crippen LogP contribution is 2.10. The molecule has 1 aromatic rings. The van der Waals surface area contributed by atoms with Crippen molar-refractivity contribution in [3.63, 3.8) is 0 Å². The molecule has 0 atom stereocenters. The third kappa shape index (κ3) is 3.96. The van der Waals surface area contributed by atoms with Crippen molar-refractivity contribution in [2.75, 3.05) is 26.3 Å². The lowest BCUT2D eigenvalue weighted by Gasteiger charge is -2.27. The van der Waals surface area contributed by atoms with Crippen molar-refractivity contribution in [2.45, 2.75) is 13.0 Å². The topological polar surface area (TPSA) is 78.9 Å². The SMILES string of the molecule is O=C(O)Cc1ccccc1CNC(=O)N1CCOCC1. The number of morpholine rings is 1. The van der Waals surface area contributed by atoms with Crippen LogP contribution in [0.5, 0.6) is 0 Å². The van der Waals surface area contributed by atoms with Crippen LogP contribution >= 0.6 is 0 Å². The van der Waals surface area contributed by atoms with Crippen molar-refractivity contribution in [3.8, 4) is 0 Å². The second-order valence-corrected chi connectivity index (χ2v) is 4.60. The highest BCUT2D eigenvalue weighted by Gasteiger charge is 2.16. The van der Waals surface area contributed by atoms with E-state index in [0.717, 1.165) is 11.1 Å². The minimum absolute atomic E-state index is 0.0381. The number of carbonyl (C=O) groups is 2. The predicted molar refractivity (Wildman–Crippen MR) is 72.4 cm³/mol. The maximum absolute atomic E-state index is 11.9. The number of carboxylic acids is 1. The first kappa shape index (κ1) is 14.3. The van der Waals surface area contributed by atoms with Gasteiger partial charge in [0.25, 0.3) is 0 Å². The Kier molecular flexibility index (Phi) is 4.95. The standard InChI is InChI=1S/C14H18N2O4/c17-13(18)9-11-3-1-2-4-12(11)10-15-14(19)16-5-7-20-8-6-16/h1-4H,5-10H2,(H,15,19)(H,17,18). The summed E-state index contributed by atoms with van der Waals surface area (Å²) < 4.78 is 5.19. The van der Waals surface area contributed by atoms with Crippen LogP contribution in [0.15, 0.2) is 24.3 Å². The summed E-state index contributed by atoms with van der Waals surface area (Å²) in [4.78, 5) is 24.4. The van der Waals surface area contributed by atoms with Crippen LogP contribution in [-0.2, 0) is 22.5 Å². The lowest BCUT2D eigenvalue weighted by atomic mass is 10.0. The van der Waals surface area contributed by atoms with Crippen molar-refractivity contribution in [1.29, 1.82) is 0 Å². The number of hydrogen-bond acceptors (Lipinski definition) is 3. The van der Waals surface area contributed by atoms with Crippen LogP contribution in [0.1, 0.15) is 11.1 Å². The number of carboxylic acid groups (broad SMARTS) is 1. The fraction of sp³-hybridized carbons (Fsp3) is 0.429. The Labute approximate surface area is 117 Å². The number of urea groups is 1. The summed E-state index contributed by atoms with van der Waals surface area (Å²) in [5, 5.41) is 11.7. The summed E-state index contributed by atoms with van der Waals surface area (Å²) in [5.41, 5.74) is 1.55. The number of hydrogen-bond donors (Lipinski definition) is 2. The van der Waals surface area contributed by atoms with E-state index >= 15 is 0 Å². The first-order chi connectivity index (χ1) is 9.66. The number of nitrogens with one attached hydrogen (secondary N) is 1. The molecule has 1 aliphatic heterocycles. The Morgan fingerprint density at radius 1 is 1.20 bits per heavy atom. The molecule has 108 valence electrons. The van der Waals surface area contributed by atoms with Crippen LogP contribution in [0, 0.1) is 0 Å². The first-order valence-corrected chi connectivity index (χ1v) is 6.56. The molecule has 0 saturated carbocycles. The number of rotatable bonds is 4. The van der Waals surface area contributed by atoms with Gasteiger partial charge in [-0.15, -0.1) is 0 Å². The van der Waals surface area contributed by atoms with E-state index in [4.69, 9.17) is 9.84 Å². The van der Waals surface area contributed by atoms with Gasteiger partial charge in [-0.1, -0.05) is 24.3 Å². The van der Waals surface area contributed by atoms with Gasteiger partial charge < -0.3 is 20.1 Å². The van der Waals surface area contributed by atoms with Crippen molar-refractivity contribution in [2.24, 2.45) is 0 Å².